The molecular weight excluding hydrogens is 298 g/mol. The molecule has 2 rings (SSSR count). The Labute approximate surface area is 136 Å². The lowest BCUT2D eigenvalue weighted by molar-refractivity contribution is -0.120. The van der Waals surface area contributed by atoms with E-state index in [0.29, 0.717) is 0 Å². The van der Waals surface area contributed by atoms with Crippen molar-refractivity contribution >= 4 is 29.4 Å². The third-order valence-electron chi connectivity index (χ3n) is 3.76. The first-order chi connectivity index (χ1) is 10.1. The molecule has 1 saturated carbocycles. The molecule has 1 aliphatic rings. The van der Waals surface area contributed by atoms with Crippen molar-refractivity contribution in [3.05, 3.63) is 29.8 Å². The topological polar surface area (TPSA) is 29.1 Å². The van der Waals surface area contributed by atoms with Crippen molar-refractivity contribution in [2.45, 2.75) is 54.9 Å². The Morgan fingerprint density at radius 1 is 1.29 bits per heavy atom. The van der Waals surface area contributed by atoms with E-state index < -0.39 is 0 Å². The van der Waals surface area contributed by atoms with Crippen molar-refractivity contribution in [3.63, 3.8) is 0 Å². The van der Waals surface area contributed by atoms with Gasteiger partial charge in [0.25, 0.3) is 0 Å². The van der Waals surface area contributed by atoms with Crippen LogP contribution in [0.25, 0.3) is 0 Å². The zero-order valence-electron chi connectivity index (χ0n) is 12.9. The summed E-state index contributed by atoms with van der Waals surface area (Å²) in [5.41, 5.74) is 1.25. The molecule has 1 atom stereocenters. The van der Waals surface area contributed by atoms with Crippen LogP contribution in [0.3, 0.4) is 0 Å². The van der Waals surface area contributed by atoms with Crippen LogP contribution < -0.4 is 5.32 Å². The average Bonchev–Trinajstić information content (AvgIpc) is 2.99. The molecule has 1 fully saturated rings. The molecule has 1 amide bonds. The maximum atomic E-state index is 12.1. The predicted octanol–water partition coefficient (Wildman–Crippen LogP) is 4.27. The van der Waals surface area contributed by atoms with Crippen LogP contribution in [-0.2, 0) is 4.79 Å². The molecular formula is C17H25NOS2. The summed E-state index contributed by atoms with van der Waals surface area (Å²) < 4.78 is 0. The van der Waals surface area contributed by atoms with Gasteiger partial charge in [-0.2, -0.15) is 11.8 Å². The maximum Gasteiger partial charge on any atom is 0.233 e. The molecule has 0 radical (unpaired) electrons. The van der Waals surface area contributed by atoms with Crippen LogP contribution in [0.15, 0.2) is 29.2 Å². The zero-order chi connectivity index (χ0) is 15.1. The number of aryl methyl sites for hydroxylation is 1. The summed E-state index contributed by atoms with van der Waals surface area (Å²) in [7, 11) is 0. The second-order valence-corrected chi connectivity index (χ2v) is 8.46. The van der Waals surface area contributed by atoms with Gasteiger partial charge < -0.3 is 5.32 Å². The van der Waals surface area contributed by atoms with Crippen LogP contribution in [0.5, 0.6) is 0 Å². The molecule has 2 nitrogen and oxygen atoms in total. The van der Waals surface area contributed by atoms with Crippen molar-refractivity contribution in [3.8, 4) is 0 Å². The Balaban J connectivity index is 1.63. The molecule has 1 aromatic carbocycles. The van der Waals surface area contributed by atoms with Crippen molar-refractivity contribution in [2.24, 2.45) is 0 Å². The Bertz CT molecular complexity index is 441. The summed E-state index contributed by atoms with van der Waals surface area (Å²) in [5.74, 6) is 1.19. The standard InChI is InChI=1S/C17H25NOS2/c1-13-7-9-16(10-8-13)21-14(2)17(19)18-11-12-20-15-5-3-4-6-15/h7-10,14-15H,3-6,11-12H2,1-2H3,(H,18,19)/t14-/m1/s1. The Morgan fingerprint density at radius 3 is 2.62 bits per heavy atom. The van der Waals surface area contributed by atoms with E-state index in [0.717, 1.165) is 22.4 Å². The van der Waals surface area contributed by atoms with Gasteiger partial charge in [-0.25, -0.2) is 0 Å². The molecule has 0 aromatic heterocycles. The first-order valence-corrected chi connectivity index (χ1v) is 9.70. The molecule has 0 bridgehead atoms. The summed E-state index contributed by atoms with van der Waals surface area (Å²) in [6, 6.07) is 8.34. The number of nitrogens with one attached hydrogen (secondary N) is 1. The first kappa shape index (κ1) is 16.8. The average molecular weight is 324 g/mol. The second kappa shape index (κ2) is 8.74. The van der Waals surface area contributed by atoms with Gasteiger partial charge in [0, 0.05) is 22.4 Å². The fraction of sp³-hybridized carbons (Fsp3) is 0.588. The lowest BCUT2D eigenvalue weighted by Gasteiger charge is -2.13. The normalized spacial score (nSPS) is 16.9. The van der Waals surface area contributed by atoms with Crippen LogP contribution in [-0.4, -0.2) is 28.7 Å². The highest BCUT2D eigenvalue weighted by Crippen LogP contribution is 2.29. The number of carbonyl (C=O) groups excluding carboxylic acids is 1. The van der Waals surface area contributed by atoms with Crippen molar-refractivity contribution in [1.82, 2.24) is 5.32 Å². The van der Waals surface area contributed by atoms with Gasteiger partial charge in [0.1, 0.15) is 0 Å². The van der Waals surface area contributed by atoms with Crippen molar-refractivity contribution in [1.29, 1.82) is 0 Å². The predicted molar refractivity (Wildman–Crippen MR) is 94.2 cm³/mol. The van der Waals surface area contributed by atoms with Gasteiger partial charge in [0.2, 0.25) is 5.91 Å². The van der Waals surface area contributed by atoms with Gasteiger partial charge in [-0.1, -0.05) is 30.5 Å². The summed E-state index contributed by atoms with van der Waals surface area (Å²) in [4.78, 5) is 13.2. The lowest BCUT2D eigenvalue weighted by atomic mass is 10.2. The number of carbonyl (C=O) groups is 1. The van der Waals surface area contributed by atoms with Gasteiger partial charge in [-0.15, -0.1) is 11.8 Å². The van der Waals surface area contributed by atoms with Crippen LogP contribution in [0.1, 0.15) is 38.2 Å². The number of rotatable bonds is 7. The third kappa shape index (κ3) is 5.95. The fourth-order valence-electron chi connectivity index (χ4n) is 2.47. The van der Waals surface area contributed by atoms with Crippen LogP contribution in [0.2, 0.25) is 0 Å². The van der Waals surface area contributed by atoms with Gasteiger partial charge in [-0.05, 0) is 38.8 Å². The van der Waals surface area contributed by atoms with E-state index in [4.69, 9.17) is 0 Å². The summed E-state index contributed by atoms with van der Waals surface area (Å²) >= 11 is 3.65. The van der Waals surface area contributed by atoms with Crippen LogP contribution >= 0.6 is 23.5 Å². The molecule has 21 heavy (non-hydrogen) atoms. The minimum atomic E-state index is -0.0378. The van der Waals surface area contributed by atoms with Gasteiger partial charge in [-0.3, -0.25) is 4.79 Å². The van der Waals surface area contributed by atoms with Gasteiger partial charge >= 0.3 is 0 Å². The number of hydrogen-bond acceptors (Lipinski definition) is 3. The molecule has 1 aromatic rings. The van der Waals surface area contributed by atoms with Gasteiger partial charge in [0.05, 0.1) is 5.25 Å². The SMILES string of the molecule is Cc1ccc(S[C@H](C)C(=O)NCCSC2CCCC2)cc1. The number of hydrogen-bond donors (Lipinski definition) is 1. The van der Waals surface area contributed by atoms with Crippen molar-refractivity contribution < 1.29 is 4.79 Å². The highest BCUT2D eigenvalue weighted by atomic mass is 32.2. The number of amides is 1. The molecule has 0 heterocycles. The van der Waals surface area contributed by atoms with E-state index in [2.05, 4.69) is 36.5 Å². The fourth-order valence-corrected chi connectivity index (χ4v) is 4.58. The molecule has 0 aliphatic heterocycles. The Morgan fingerprint density at radius 2 is 1.95 bits per heavy atom. The first-order valence-electron chi connectivity index (χ1n) is 7.78. The van der Waals surface area contributed by atoms with E-state index in [1.807, 2.05) is 18.7 Å². The molecule has 1 N–H and O–H groups in total. The summed E-state index contributed by atoms with van der Waals surface area (Å²) in [6.45, 7) is 4.84. The smallest absolute Gasteiger partial charge is 0.233 e. The Hall–Kier alpha value is -0.610. The van der Waals surface area contributed by atoms with E-state index in [-0.39, 0.29) is 11.2 Å². The summed E-state index contributed by atoms with van der Waals surface area (Å²) in [6.07, 6.45) is 5.49. The maximum absolute atomic E-state index is 12.1. The molecule has 1 aliphatic carbocycles. The minimum absolute atomic E-state index is 0.0378. The molecule has 4 heteroatoms. The highest BCUT2D eigenvalue weighted by Gasteiger charge is 2.16. The van der Waals surface area contributed by atoms with E-state index >= 15 is 0 Å². The van der Waals surface area contributed by atoms with Crippen LogP contribution in [0.4, 0.5) is 0 Å². The molecule has 0 unspecified atom stereocenters. The molecule has 0 saturated heterocycles. The largest absolute Gasteiger partial charge is 0.354 e. The molecule has 116 valence electrons. The second-order valence-electron chi connectivity index (χ2n) is 5.64. The van der Waals surface area contributed by atoms with E-state index in [1.54, 1.807) is 11.8 Å². The van der Waals surface area contributed by atoms with Crippen molar-refractivity contribution in [2.75, 3.05) is 12.3 Å². The monoisotopic (exact) mass is 323 g/mol. The minimum Gasteiger partial charge on any atom is -0.354 e. The number of benzene rings is 1. The zero-order valence-corrected chi connectivity index (χ0v) is 14.6. The number of thioether (sulfide) groups is 2. The quantitative estimate of drug-likeness (QED) is 0.600. The lowest BCUT2D eigenvalue weighted by Crippen LogP contribution is -2.32. The van der Waals surface area contributed by atoms with Crippen LogP contribution in [0, 0.1) is 6.92 Å². The highest BCUT2D eigenvalue weighted by molar-refractivity contribution is 8.00. The third-order valence-corrected chi connectivity index (χ3v) is 6.25. The van der Waals surface area contributed by atoms with Gasteiger partial charge in [0.15, 0.2) is 0 Å². The summed E-state index contributed by atoms with van der Waals surface area (Å²) in [5, 5.41) is 3.85. The van der Waals surface area contributed by atoms with E-state index in [1.165, 1.54) is 31.2 Å². The van der Waals surface area contributed by atoms with E-state index in [9.17, 15) is 4.79 Å². The molecule has 0 spiro atoms. The Kier molecular flexibility index (Phi) is 6.97.